The van der Waals surface area contributed by atoms with E-state index in [1.807, 2.05) is 0 Å². The van der Waals surface area contributed by atoms with E-state index in [2.05, 4.69) is 15.5 Å². The van der Waals surface area contributed by atoms with Gasteiger partial charge in [0.1, 0.15) is 0 Å². The van der Waals surface area contributed by atoms with Crippen molar-refractivity contribution in [2.45, 2.75) is 6.42 Å². The van der Waals surface area contributed by atoms with E-state index in [4.69, 9.17) is 4.84 Å². The molecule has 1 unspecified atom stereocenters. The van der Waals surface area contributed by atoms with Gasteiger partial charge in [0.25, 0.3) is 0 Å². The minimum Gasteiger partial charge on any atom is -0.451 e. The van der Waals surface area contributed by atoms with Gasteiger partial charge in [-0.05, 0) is 18.9 Å². The summed E-state index contributed by atoms with van der Waals surface area (Å²) in [5.41, 5.74) is 2.17. The Morgan fingerprint density at radius 2 is 2.58 bits per heavy atom. The lowest BCUT2D eigenvalue weighted by atomic mass is 10.1. The summed E-state index contributed by atoms with van der Waals surface area (Å²) < 4.78 is 4.32. The summed E-state index contributed by atoms with van der Waals surface area (Å²) >= 11 is 0. The van der Waals surface area contributed by atoms with Gasteiger partial charge in [-0.1, -0.05) is 0 Å². The van der Waals surface area contributed by atoms with Crippen LogP contribution in [-0.4, -0.2) is 32.9 Å². The maximum Gasteiger partial charge on any atom is 0.431 e. The molecule has 1 fully saturated rings. The predicted octanol–water partition coefficient (Wildman–Crippen LogP) is -0.116. The van der Waals surface area contributed by atoms with Crippen LogP contribution in [0.3, 0.4) is 0 Å². The summed E-state index contributed by atoms with van der Waals surface area (Å²) in [5, 5.41) is 3.20. The summed E-state index contributed by atoms with van der Waals surface area (Å²) in [6, 6.07) is 0. The summed E-state index contributed by atoms with van der Waals surface area (Å²) in [6.45, 7) is 2.54. The highest BCUT2D eigenvalue weighted by atomic mass is 16.7. The zero-order valence-corrected chi connectivity index (χ0v) is 7.13. The van der Waals surface area contributed by atoms with Gasteiger partial charge in [-0.25, -0.2) is 4.79 Å². The van der Waals surface area contributed by atoms with Gasteiger partial charge >= 0.3 is 6.09 Å². The number of carbonyl (C=O) groups is 1. The average molecular weight is 174 g/mol. The van der Waals surface area contributed by atoms with E-state index in [0.717, 1.165) is 19.5 Å². The van der Waals surface area contributed by atoms with E-state index >= 15 is 0 Å². The highest BCUT2D eigenvalue weighted by molar-refractivity contribution is 5.65. The molecule has 0 saturated carbocycles. The molecular formula is C7H14N2O3. The van der Waals surface area contributed by atoms with Crippen LogP contribution in [0.25, 0.3) is 0 Å². The van der Waals surface area contributed by atoms with Crippen molar-refractivity contribution in [1.29, 1.82) is 0 Å². The zero-order chi connectivity index (χ0) is 8.81. The minimum absolute atomic E-state index is 0.502. The smallest absolute Gasteiger partial charge is 0.431 e. The first-order valence-electron chi connectivity index (χ1n) is 3.99. The fourth-order valence-electron chi connectivity index (χ4n) is 1.12. The molecule has 1 atom stereocenters. The minimum atomic E-state index is -0.555. The van der Waals surface area contributed by atoms with Crippen LogP contribution in [0.2, 0.25) is 0 Å². The van der Waals surface area contributed by atoms with E-state index in [-0.39, 0.29) is 0 Å². The second-order valence-corrected chi connectivity index (χ2v) is 2.76. The van der Waals surface area contributed by atoms with Crippen molar-refractivity contribution >= 4 is 6.09 Å². The highest BCUT2D eigenvalue weighted by Crippen LogP contribution is 2.06. The number of methoxy groups -OCH3 is 1. The monoisotopic (exact) mass is 174 g/mol. The van der Waals surface area contributed by atoms with Crippen LogP contribution in [0.15, 0.2) is 0 Å². The summed E-state index contributed by atoms with van der Waals surface area (Å²) in [7, 11) is 1.30. The van der Waals surface area contributed by atoms with Crippen molar-refractivity contribution in [1.82, 2.24) is 10.8 Å². The molecule has 5 heteroatoms. The van der Waals surface area contributed by atoms with Crippen molar-refractivity contribution in [2.24, 2.45) is 5.92 Å². The maximum absolute atomic E-state index is 10.5. The Kier molecular flexibility index (Phi) is 3.83. The van der Waals surface area contributed by atoms with Gasteiger partial charge in [0, 0.05) is 6.54 Å². The predicted molar refractivity (Wildman–Crippen MR) is 42.5 cm³/mol. The van der Waals surface area contributed by atoms with E-state index in [0.29, 0.717) is 12.5 Å². The molecule has 12 heavy (non-hydrogen) atoms. The summed E-state index contributed by atoms with van der Waals surface area (Å²) in [6.07, 6.45) is 0.545. The van der Waals surface area contributed by atoms with Crippen molar-refractivity contribution in [3.8, 4) is 0 Å². The molecule has 0 aromatic rings. The maximum atomic E-state index is 10.5. The normalized spacial score (nSPS) is 22.2. The second kappa shape index (κ2) is 4.95. The molecular weight excluding hydrogens is 160 g/mol. The molecule has 5 nitrogen and oxygen atoms in total. The van der Waals surface area contributed by atoms with Crippen LogP contribution in [-0.2, 0) is 9.57 Å². The molecule has 2 N–H and O–H groups in total. The van der Waals surface area contributed by atoms with Crippen LogP contribution in [0.4, 0.5) is 4.79 Å². The fraction of sp³-hybridized carbons (Fsp3) is 0.857. The fourth-order valence-corrected chi connectivity index (χ4v) is 1.12. The first kappa shape index (κ1) is 9.28. The molecule has 0 radical (unpaired) electrons. The summed E-state index contributed by atoms with van der Waals surface area (Å²) in [4.78, 5) is 15.4. The van der Waals surface area contributed by atoms with Crippen molar-refractivity contribution in [2.75, 3.05) is 26.8 Å². The first-order chi connectivity index (χ1) is 5.83. The molecule has 0 aromatic carbocycles. The Bertz CT molecular complexity index is 146. The molecule has 1 amide bonds. The van der Waals surface area contributed by atoms with E-state index in [9.17, 15) is 4.79 Å². The lowest BCUT2D eigenvalue weighted by Gasteiger charge is -2.08. The third-order valence-corrected chi connectivity index (χ3v) is 1.82. The lowest BCUT2D eigenvalue weighted by Crippen LogP contribution is -2.26. The number of hydrogen-bond acceptors (Lipinski definition) is 4. The third-order valence-electron chi connectivity index (χ3n) is 1.82. The number of rotatable bonds is 3. The standard InChI is InChI=1S/C7H14N2O3/c1-11-7(10)9-12-5-6-2-3-8-4-6/h6,8H,2-5H2,1H3,(H,9,10). The molecule has 0 aromatic heterocycles. The molecule has 1 rings (SSSR count). The molecule has 0 bridgehead atoms. The van der Waals surface area contributed by atoms with Crippen molar-refractivity contribution < 1.29 is 14.4 Å². The third kappa shape index (κ3) is 3.06. The SMILES string of the molecule is COC(=O)NOCC1CCNC1. The molecule has 1 heterocycles. The number of nitrogens with one attached hydrogen (secondary N) is 2. The molecule has 1 aliphatic rings. The van der Waals surface area contributed by atoms with Gasteiger partial charge in [-0.3, -0.25) is 4.84 Å². The number of carbonyl (C=O) groups excluding carboxylic acids is 1. The Balaban J connectivity index is 1.97. The molecule has 1 aliphatic heterocycles. The second-order valence-electron chi connectivity index (χ2n) is 2.76. The van der Waals surface area contributed by atoms with Crippen molar-refractivity contribution in [3.05, 3.63) is 0 Å². The van der Waals surface area contributed by atoms with Crippen LogP contribution in [0, 0.1) is 5.92 Å². The number of amides is 1. The van der Waals surface area contributed by atoms with Crippen molar-refractivity contribution in [3.63, 3.8) is 0 Å². The van der Waals surface area contributed by atoms with Gasteiger partial charge in [-0.15, -0.1) is 0 Å². The zero-order valence-electron chi connectivity index (χ0n) is 7.13. The van der Waals surface area contributed by atoms with Gasteiger partial charge in [-0.2, -0.15) is 5.48 Å². The topological polar surface area (TPSA) is 59.6 Å². The average Bonchev–Trinajstić information content (AvgIpc) is 2.57. The first-order valence-corrected chi connectivity index (χ1v) is 3.99. The largest absolute Gasteiger partial charge is 0.451 e. The van der Waals surface area contributed by atoms with Gasteiger partial charge in [0.05, 0.1) is 13.7 Å². The van der Waals surface area contributed by atoms with Crippen LogP contribution in [0.5, 0.6) is 0 Å². The van der Waals surface area contributed by atoms with E-state index in [1.54, 1.807) is 0 Å². The number of hydroxylamine groups is 1. The number of hydrogen-bond donors (Lipinski definition) is 2. The molecule has 1 saturated heterocycles. The quantitative estimate of drug-likeness (QED) is 0.586. The Morgan fingerprint density at radius 1 is 1.75 bits per heavy atom. The summed E-state index contributed by atoms with van der Waals surface area (Å²) in [5.74, 6) is 0.502. The van der Waals surface area contributed by atoms with Gasteiger partial charge < -0.3 is 10.1 Å². The lowest BCUT2D eigenvalue weighted by molar-refractivity contribution is 0.0194. The van der Waals surface area contributed by atoms with Crippen LogP contribution in [0.1, 0.15) is 6.42 Å². The van der Waals surface area contributed by atoms with E-state index in [1.165, 1.54) is 7.11 Å². The molecule has 70 valence electrons. The number of ether oxygens (including phenoxy) is 1. The Morgan fingerprint density at radius 3 is 3.17 bits per heavy atom. The van der Waals surface area contributed by atoms with Gasteiger partial charge in [0.2, 0.25) is 0 Å². The van der Waals surface area contributed by atoms with E-state index < -0.39 is 6.09 Å². The highest BCUT2D eigenvalue weighted by Gasteiger charge is 2.14. The molecule has 0 aliphatic carbocycles. The van der Waals surface area contributed by atoms with Crippen LogP contribution < -0.4 is 10.8 Å². The Hall–Kier alpha value is -0.810. The van der Waals surface area contributed by atoms with Gasteiger partial charge in [0.15, 0.2) is 0 Å². The molecule has 0 spiro atoms. The Labute approximate surface area is 71.4 Å². The van der Waals surface area contributed by atoms with Crippen LogP contribution >= 0.6 is 0 Å².